The zero-order chi connectivity index (χ0) is 13.7. The number of halogens is 1. The van der Waals surface area contributed by atoms with E-state index in [9.17, 15) is 0 Å². The average Bonchev–Trinajstić information content (AvgIpc) is 2.45. The predicted octanol–water partition coefficient (Wildman–Crippen LogP) is 3.80. The quantitative estimate of drug-likeness (QED) is 0.851. The Kier molecular flexibility index (Phi) is 4.27. The Hall–Kier alpha value is -2.18. The van der Waals surface area contributed by atoms with E-state index in [1.807, 2.05) is 30.3 Å². The zero-order valence-electron chi connectivity index (χ0n) is 10.4. The van der Waals surface area contributed by atoms with Crippen LogP contribution in [-0.4, -0.2) is 7.11 Å². The predicted molar refractivity (Wildman–Crippen MR) is 73.5 cm³/mol. The zero-order valence-corrected chi connectivity index (χ0v) is 11.1. The molecule has 0 N–H and O–H groups in total. The minimum absolute atomic E-state index is 0.394. The smallest absolute Gasteiger partial charge is 0.121 e. The van der Waals surface area contributed by atoms with E-state index in [2.05, 4.69) is 0 Å². The summed E-state index contributed by atoms with van der Waals surface area (Å²) in [4.78, 5) is 0. The maximum Gasteiger partial charge on any atom is 0.121 e. The monoisotopic (exact) mass is 273 g/mol. The fourth-order valence-corrected chi connectivity index (χ4v) is 1.82. The molecule has 96 valence electrons. The first-order valence-electron chi connectivity index (χ1n) is 5.68. The molecule has 0 aromatic heterocycles. The van der Waals surface area contributed by atoms with E-state index in [0.29, 0.717) is 22.9 Å². The van der Waals surface area contributed by atoms with E-state index in [1.54, 1.807) is 25.3 Å². The van der Waals surface area contributed by atoms with Crippen molar-refractivity contribution in [3.05, 3.63) is 58.6 Å². The molecular formula is C15H12ClNO2. The van der Waals surface area contributed by atoms with Crippen molar-refractivity contribution in [1.29, 1.82) is 5.26 Å². The fourth-order valence-electron chi connectivity index (χ4n) is 1.61. The molecule has 0 aliphatic carbocycles. The van der Waals surface area contributed by atoms with Crippen LogP contribution < -0.4 is 9.47 Å². The Morgan fingerprint density at radius 1 is 1.16 bits per heavy atom. The summed E-state index contributed by atoms with van der Waals surface area (Å²) in [6.45, 7) is 0.416. The van der Waals surface area contributed by atoms with Gasteiger partial charge in [-0.3, -0.25) is 0 Å². The Labute approximate surface area is 117 Å². The third kappa shape index (κ3) is 3.40. The molecule has 0 saturated heterocycles. The van der Waals surface area contributed by atoms with Crippen LogP contribution >= 0.6 is 11.6 Å². The van der Waals surface area contributed by atoms with Gasteiger partial charge in [0.15, 0.2) is 0 Å². The van der Waals surface area contributed by atoms with Gasteiger partial charge in [0.05, 0.1) is 17.7 Å². The summed E-state index contributed by atoms with van der Waals surface area (Å²) in [6, 6.07) is 14.7. The molecule has 0 amide bonds. The molecule has 0 unspecified atom stereocenters. The lowest BCUT2D eigenvalue weighted by molar-refractivity contribution is 0.305. The Balaban J connectivity index is 2.06. The van der Waals surface area contributed by atoms with E-state index < -0.39 is 0 Å². The summed E-state index contributed by atoms with van der Waals surface area (Å²) in [5.41, 5.74) is 1.44. The highest BCUT2D eigenvalue weighted by molar-refractivity contribution is 6.31. The molecule has 0 aliphatic rings. The average molecular weight is 274 g/mol. The van der Waals surface area contributed by atoms with Crippen LogP contribution in [0.15, 0.2) is 42.5 Å². The summed E-state index contributed by atoms with van der Waals surface area (Å²) in [6.07, 6.45) is 0. The van der Waals surface area contributed by atoms with Gasteiger partial charge in [-0.25, -0.2) is 0 Å². The number of hydrogen-bond donors (Lipinski definition) is 0. The second-order valence-electron chi connectivity index (χ2n) is 3.89. The van der Waals surface area contributed by atoms with Crippen LogP contribution in [0, 0.1) is 11.3 Å². The molecule has 0 saturated carbocycles. The van der Waals surface area contributed by atoms with Crippen LogP contribution in [0.1, 0.15) is 11.1 Å². The van der Waals surface area contributed by atoms with Crippen molar-refractivity contribution in [2.45, 2.75) is 6.61 Å². The van der Waals surface area contributed by atoms with Gasteiger partial charge in [0.25, 0.3) is 0 Å². The maximum atomic E-state index is 8.79. The highest BCUT2D eigenvalue weighted by Gasteiger charge is 2.02. The van der Waals surface area contributed by atoms with Gasteiger partial charge in [-0.05, 0) is 29.8 Å². The standard InChI is InChI=1S/C15H12ClNO2/c1-18-13-4-2-3-11(7-13)10-19-14-6-5-12(9-17)15(16)8-14/h2-8H,10H2,1H3. The Morgan fingerprint density at radius 2 is 2.00 bits per heavy atom. The lowest BCUT2D eigenvalue weighted by Gasteiger charge is -2.08. The minimum atomic E-state index is 0.394. The number of hydrogen-bond acceptors (Lipinski definition) is 3. The largest absolute Gasteiger partial charge is 0.497 e. The van der Waals surface area contributed by atoms with Gasteiger partial charge < -0.3 is 9.47 Å². The van der Waals surface area contributed by atoms with Crippen LogP contribution in [0.25, 0.3) is 0 Å². The van der Waals surface area contributed by atoms with Crippen molar-refractivity contribution in [1.82, 2.24) is 0 Å². The normalized spacial score (nSPS) is 9.74. The molecule has 4 heteroatoms. The van der Waals surface area contributed by atoms with Gasteiger partial charge in [-0.15, -0.1) is 0 Å². The molecule has 0 radical (unpaired) electrons. The summed E-state index contributed by atoms with van der Waals surface area (Å²) in [5, 5.41) is 9.18. The SMILES string of the molecule is COc1cccc(COc2ccc(C#N)c(Cl)c2)c1. The molecule has 0 heterocycles. The number of methoxy groups -OCH3 is 1. The first kappa shape index (κ1) is 13.3. The topological polar surface area (TPSA) is 42.2 Å². The van der Waals surface area contributed by atoms with Gasteiger partial charge in [0, 0.05) is 6.07 Å². The third-order valence-electron chi connectivity index (χ3n) is 2.60. The van der Waals surface area contributed by atoms with Gasteiger partial charge >= 0.3 is 0 Å². The molecule has 3 nitrogen and oxygen atoms in total. The van der Waals surface area contributed by atoms with E-state index in [1.165, 1.54) is 0 Å². The molecule has 19 heavy (non-hydrogen) atoms. The third-order valence-corrected chi connectivity index (χ3v) is 2.91. The van der Waals surface area contributed by atoms with Crippen LogP contribution in [0.4, 0.5) is 0 Å². The summed E-state index contributed by atoms with van der Waals surface area (Å²) < 4.78 is 10.8. The second-order valence-corrected chi connectivity index (χ2v) is 4.30. The van der Waals surface area contributed by atoms with Crippen molar-refractivity contribution in [2.75, 3.05) is 7.11 Å². The summed E-state index contributed by atoms with van der Waals surface area (Å²) in [5.74, 6) is 1.42. The van der Waals surface area contributed by atoms with Crippen molar-refractivity contribution in [2.24, 2.45) is 0 Å². The van der Waals surface area contributed by atoms with Crippen molar-refractivity contribution in [3.63, 3.8) is 0 Å². The van der Waals surface area contributed by atoms with Crippen LogP contribution in [0.3, 0.4) is 0 Å². The maximum absolute atomic E-state index is 8.79. The molecule has 0 bridgehead atoms. The fraction of sp³-hybridized carbons (Fsp3) is 0.133. The van der Waals surface area contributed by atoms with E-state index >= 15 is 0 Å². The van der Waals surface area contributed by atoms with Gasteiger partial charge in [0.2, 0.25) is 0 Å². The summed E-state index contributed by atoms with van der Waals surface area (Å²) >= 11 is 5.94. The Bertz CT molecular complexity index is 620. The molecule has 2 aromatic rings. The highest BCUT2D eigenvalue weighted by Crippen LogP contribution is 2.23. The number of nitriles is 1. The van der Waals surface area contributed by atoms with Gasteiger partial charge in [-0.1, -0.05) is 23.7 Å². The van der Waals surface area contributed by atoms with Gasteiger partial charge in [-0.2, -0.15) is 5.26 Å². The van der Waals surface area contributed by atoms with Crippen LogP contribution in [0.2, 0.25) is 5.02 Å². The van der Waals surface area contributed by atoms with E-state index in [4.69, 9.17) is 26.3 Å². The van der Waals surface area contributed by atoms with Crippen molar-refractivity contribution >= 4 is 11.6 Å². The van der Waals surface area contributed by atoms with Crippen LogP contribution in [0.5, 0.6) is 11.5 Å². The molecule has 0 atom stereocenters. The van der Waals surface area contributed by atoms with Gasteiger partial charge in [0.1, 0.15) is 24.2 Å². The molecule has 2 rings (SSSR count). The molecule has 0 aliphatic heterocycles. The lowest BCUT2D eigenvalue weighted by Crippen LogP contribution is -1.96. The highest BCUT2D eigenvalue weighted by atomic mass is 35.5. The minimum Gasteiger partial charge on any atom is -0.497 e. The number of nitrogens with zero attached hydrogens (tertiary/aromatic N) is 1. The molecule has 0 spiro atoms. The molecule has 2 aromatic carbocycles. The van der Waals surface area contributed by atoms with E-state index in [-0.39, 0.29) is 0 Å². The first-order valence-corrected chi connectivity index (χ1v) is 6.06. The van der Waals surface area contributed by atoms with Crippen molar-refractivity contribution < 1.29 is 9.47 Å². The van der Waals surface area contributed by atoms with Crippen molar-refractivity contribution in [3.8, 4) is 17.6 Å². The second kappa shape index (κ2) is 6.12. The molecule has 0 fully saturated rings. The Morgan fingerprint density at radius 3 is 2.68 bits per heavy atom. The molecular weight excluding hydrogens is 262 g/mol. The number of benzene rings is 2. The first-order chi connectivity index (χ1) is 9.22. The number of ether oxygens (including phenoxy) is 2. The summed E-state index contributed by atoms with van der Waals surface area (Å²) in [7, 11) is 1.63. The number of rotatable bonds is 4. The van der Waals surface area contributed by atoms with Crippen LogP contribution in [-0.2, 0) is 6.61 Å². The van der Waals surface area contributed by atoms with E-state index in [0.717, 1.165) is 11.3 Å². The lowest BCUT2D eigenvalue weighted by atomic mass is 10.2.